The Morgan fingerprint density at radius 3 is 2.35 bits per heavy atom. The maximum atomic E-state index is 12.8. The fourth-order valence-corrected chi connectivity index (χ4v) is 3.26. The van der Waals surface area contributed by atoms with Gasteiger partial charge in [-0.25, -0.2) is 9.59 Å². The number of anilines is 2. The van der Waals surface area contributed by atoms with E-state index in [9.17, 15) is 24.5 Å². The maximum Gasteiger partial charge on any atom is 0.332 e. The lowest BCUT2D eigenvalue weighted by molar-refractivity contribution is -0.384. The van der Waals surface area contributed by atoms with Crippen molar-refractivity contribution in [3.63, 3.8) is 0 Å². The summed E-state index contributed by atoms with van der Waals surface area (Å²) >= 11 is 0. The van der Waals surface area contributed by atoms with Crippen LogP contribution in [0.4, 0.5) is 26.7 Å². The zero-order valence-corrected chi connectivity index (χ0v) is 21.1. The van der Waals surface area contributed by atoms with Gasteiger partial charge in [0.05, 0.1) is 29.0 Å². The number of nitro groups is 1. The van der Waals surface area contributed by atoms with Crippen LogP contribution in [0.25, 0.3) is 0 Å². The minimum Gasteiger partial charge on any atom is -0.370 e. The quantitative estimate of drug-likeness (QED) is 0.177. The van der Waals surface area contributed by atoms with E-state index in [1.807, 2.05) is 0 Å². The van der Waals surface area contributed by atoms with Gasteiger partial charge >= 0.3 is 12.1 Å². The number of aliphatic imine (C=N–C) groups is 1. The molecule has 0 spiro atoms. The van der Waals surface area contributed by atoms with E-state index < -0.39 is 16.9 Å². The topological polar surface area (TPSA) is 192 Å². The Morgan fingerprint density at radius 2 is 1.73 bits per heavy atom. The van der Waals surface area contributed by atoms with Crippen LogP contribution in [0.3, 0.4) is 0 Å². The Morgan fingerprint density at radius 1 is 1.08 bits per heavy atom. The van der Waals surface area contributed by atoms with Crippen LogP contribution < -0.4 is 21.7 Å². The summed E-state index contributed by atoms with van der Waals surface area (Å²) in [5.74, 6) is -0.526. The second-order valence-electron chi connectivity index (χ2n) is 7.84. The van der Waals surface area contributed by atoms with Crippen LogP contribution in [0.5, 0.6) is 0 Å². The number of halogens is 1. The number of nitrogens with zero attached hydrogens (tertiary/aromatic N) is 7. The summed E-state index contributed by atoms with van der Waals surface area (Å²) in [6.07, 6.45) is 6.95. The van der Waals surface area contributed by atoms with Crippen molar-refractivity contribution in [1.82, 2.24) is 18.6 Å². The average Bonchev–Trinajstić information content (AvgIpc) is 3.57. The van der Waals surface area contributed by atoms with Crippen LogP contribution in [0.15, 0.2) is 54.2 Å². The molecule has 0 aliphatic carbocycles. The van der Waals surface area contributed by atoms with Crippen molar-refractivity contribution in [3.8, 4) is 0 Å². The van der Waals surface area contributed by atoms with Gasteiger partial charge in [0.1, 0.15) is 5.69 Å². The fourth-order valence-electron chi connectivity index (χ4n) is 3.26. The minimum absolute atomic E-state index is 0. The summed E-state index contributed by atoms with van der Waals surface area (Å²) in [7, 11) is 4.72. The molecule has 5 N–H and O–H groups in total. The van der Waals surface area contributed by atoms with Crippen LogP contribution >= 0.6 is 12.4 Å². The van der Waals surface area contributed by atoms with E-state index in [4.69, 9.17) is 11.5 Å². The molecular formula is C21H27ClN10O5. The van der Waals surface area contributed by atoms with Gasteiger partial charge in [-0.15, -0.1) is 12.4 Å². The van der Waals surface area contributed by atoms with Crippen LogP contribution in [-0.4, -0.2) is 74.6 Å². The minimum atomic E-state index is -0.597. The highest BCUT2D eigenvalue weighted by Gasteiger charge is 2.21. The molecule has 3 aromatic rings. The lowest BCUT2D eigenvalue weighted by Crippen LogP contribution is -2.33. The third-order valence-electron chi connectivity index (χ3n) is 5.23. The molecular weight excluding hydrogens is 508 g/mol. The maximum absolute atomic E-state index is 12.8. The number of rotatable bonds is 7. The van der Waals surface area contributed by atoms with Gasteiger partial charge in [-0.2, -0.15) is 0 Å². The largest absolute Gasteiger partial charge is 0.370 e. The molecule has 0 aliphatic heterocycles. The summed E-state index contributed by atoms with van der Waals surface area (Å²) in [5, 5.41) is 13.6. The predicted octanol–water partition coefficient (Wildman–Crippen LogP) is 1.49. The third-order valence-corrected chi connectivity index (χ3v) is 5.23. The second-order valence-corrected chi connectivity index (χ2v) is 7.84. The molecule has 198 valence electrons. The van der Waals surface area contributed by atoms with Crippen molar-refractivity contribution < 1.29 is 19.3 Å². The normalized spacial score (nSPS) is 10.2. The molecule has 3 heterocycles. The summed E-state index contributed by atoms with van der Waals surface area (Å²) in [6.45, 7) is 0.550. The van der Waals surface area contributed by atoms with Gasteiger partial charge in [-0.05, 0) is 12.1 Å². The lowest BCUT2D eigenvalue weighted by atomic mass is 10.3. The molecule has 15 nitrogen and oxygen atoms in total. The van der Waals surface area contributed by atoms with Crippen molar-refractivity contribution in [2.24, 2.45) is 23.5 Å². The number of hydrogen-bond acceptors (Lipinski definition) is 6. The Hall–Kier alpha value is -4.79. The molecule has 0 aromatic carbocycles. The smallest absolute Gasteiger partial charge is 0.332 e. The number of likely N-dealkylation sites (N-methyl/N-ethyl adjacent to an activating group) is 1. The van der Waals surface area contributed by atoms with Crippen LogP contribution in [0.1, 0.15) is 10.5 Å². The number of amides is 3. The number of hydrogen-bond donors (Lipinski definition) is 3. The molecule has 0 saturated heterocycles. The van der Waals surface area contributed by atoms with E-state index >= 15 is 0 Å². The molecule has 0 aliphatic rings. The van der Waals surface area contributed by atoms with Gasteiger partial charge in [-0.1, -0.05) is 0 Å². The third kappa shape index (κ3) is 6.66. The number of guanidine groups is 1. The first-order chi connectivity index (χ1) is 17.0. The van der Waals surface area contributed by atoms with Gasteiger partial charge in [-0.3, -0.25) is 33.9 Å². The highest BCUT2D eigenvalue weighted by Crippen LogP contribution is 2.20. The Bertz CT molecular complexity index is 1340. The fraction of sp³-hybridized carbons (Fsp3) is 0.238. The second kappa shape index (κ2) is 11.8. The molecule has 3 aromatic heterocycles. The molecule has 16 heteroatoms. The number of carbonyl (C=O) groups excluding carboxylic acids is 3. The average molecular weight is 535 g/mol. The Labute approximate surface area is 217 Å². The first-order valence-electron chi connectivity index (χ1n) is 10.5. The number of nitrogens with one attached hydrogen (secondary N) is 1. The molecule has 0 radical (unpaired) electrons. The molecule has 0 unspecified atom stereocenters. The number of nitrogens with two attached hydrogens (primary N) is 2. The van der Waals surface area contributed by atoms with Gasteiger partial charge in [0.15, 0.2) is 5.96 Å². The van der Waals surface area contributed by atoms with Crippen LogP contribution in [0, 0.1) is 10.1 Å². The summed E-state index contributed by atoms with van der Waals surface area (Å²) in [6, 6.07) is 3.41. The highest BCUT2D eigenvalue weighted by atomic mass is 35.5. The molecule has 0 saturated carbocycles. The molecule has 0 bridgehead atoms. The number of aromatic nitrogens is 3. The summed E-state index contributed by atoms with van der Waals surface area (Å²) in [4.78, 5) is 54.8. The number of carbonyl (C=O) groups is 3. The van der Waals surface area contributed by atoms with E-state index in [1.165, 1.54) is 56.7 Å². The first-order valence-corrected chi connectivity index (χ1v) is 10.5. The van der Waals surface area contributed by atoms with Crippen LogP contribution in [-0.2, 0) is 7.05 Å². The Balaban J connectivity index is 0.00000481. The van der Waals surface area contributed by atoms with E-state index in [0.717, 1.165) is 10.8 Å². The van der Waals surface area contributed by atoms with E-state index in [-0.39, 0.29) is 42.3 Å². The van der Waals surface area contributed by atoms with E-state index in [2.05, 4.69) is 10.3 Å². The monoisotopic (exact) mass is 534 g/mol. The molecule has 37 heavy (non-hydrogen) atoms. The van der Waals surface area contributed by atoms with E-state index in [0.29, 0.717) is 17.9 Å². The van der Waals surface area contributed by atoms with Crippen molar-refractivity contribution in [2.45, 2.75) is 0 Å². The summed E-state index contributed by atoms with van der Waals surface area (Å²) in [5.41, 5.74) is 11.4. The zero-order chi connectivity index (χ0) is 26.6. The molecule has 0 atom stereocenters. The molecule has 3 rings (SSSR count). The van der Waals surface area contributed by atoms with Crippen molar-refractivity contribution >= 4 is 53.4 Å². The first kappa shape index (κ1) is 28.4. The van der Waals surface area contributed by atoms with Crippen molar-refractivity contribution in [2.75, 3.05) is 37.4 Å². The Kier molecular flexibility index (Phi) is 9.04. The van der Waals surface area contributed by atoms with Gasteiger partial charge in [0.25, 0.3) is 11.6 Å². The standard InChI is InChI=1S/C21H26N10O5.ClH/c1-26(9-6-24-19(22)23)20(33)29-7-4-14(11-29)25-18(32)17-10-16(12-27(17)2)28(3)21(34)30-8-5-15(13-30)31(35)36;/h4-5,7-8,10-13H,6,9H2,1-3H3,(H,25,32)(H4,22,23,24);1H. The SMILES string of the molecule is CN(CCN=C(N)N)C(=O)n1ccc(NC(=O)c2cc(N(C)C(=O)n3ccc([N+](=O)[O-])c3)cn2C)c1.Cl. The van der Waals surface area contributed by atoms with Crippen LogP contribution in [0.2, 0.25) is 0 Å². The predicted molar refractivity (Wildman–Crippen MR) is 139 cm³/mol. The van der Waals surface area contributed by atoms with Gasteiger partial charge in [0, 0.05) is 58.5 Å². The highest BCUT2D eigenvalue weighted by molar-refractivity contribution is 6.05. The number of aryl methyl sites for hydroxylation is 1. The lowest BCUT2D eigenvalue weighted by Gasteiger charge is -2.16. The molecule has 3 amide bonds. The van der Waals surface area contributed by atoms with Gasteiger partial charge < -0.3 is 26.3 Å². The summed E-state index contributed by atoms with van der Waals surface area (Å²) < 4.78 is 3.93. The molecule has 0 fully saturated rings. The van der Waals surface area contributed by atoms with E-state index in [1.54, 1.807) is 26.4 Å². The zero-order valence-electron chi connectivity index (χ0n) is 20.3. The van der Waals surface area contributed by atoms with Crippen molar-refractivity contribution in [1.29, 1.82) is 0 Å². The van der Waals surface area contributed by atoms with Crippen molar-refractivity contribution in [3.05, 3.63) is 65.0 Å². The van der Waals surface area contributed by atoms with Gasteiger partial charge in [0.2, 0.25) is 0 Å².